The van der Waals surface area contributed by atoms with Gasteiger partial charge in [-0.15, -0.1) is 10.2 Å². The first kappa shape index (κ1) is 20.9. The quantitative estimate of drug-likeness (QED) is 0.484. The minimum atomic E-state index is -0.329. The average Bonchev–Trinajstić information content (AvgIpc) is 3.19. The molecule has 2 aromatic carbocycles. The number of rotatable bonds is 9. The summed E-state index contributed by atoms with van der Waals surface area (Å²) < 4.78 is 11.3. The maximum atomic E-state index is 12.8. The molecule has 1 aromatic heterocycles. The molecular weight excluding hydrogens is 386 g/mol. The van der Waals surface area contributed by atoms with E-state index in [-0.39, 0.29) is 17.8 Å². The number of carbonyl (C=O) groups excluding carboxylic acids is 1. The Morgan fingerprint density at radius 2 is 1.86 bits per heavy atom. The Hall–Kier alpha value is -2.80. The summed E-state index contributed by atoms with van der Waals surface area (Å²) in [6, 6.07) is 17.7. The van der Waals surface area contributed by atoms with Crippen molar-refractivity contribution >= 4 is 17.7 Å². The van der Waals surface area contributed by atoms with Crippen LogP contribution < -0.4 is 4.74 Å². The van der Waals surface area contributed by atoms with Crippen molar-refractivity contribution in [3.63, 3.8) is 0 Å². The number of thioether (sulfide) groups is 1. The second-order valence-corrected chi connectivity index (χ2v) is 7.95. The minimum absolute atomic E-state index is 0.0389. The summed E-state index contributed by atoms with van der Waals surface area (Å²) in [4.78, 5) is 14.6. The molecule has 1 amide bonds. The Labute approximate surface area is 175 Å². The molecule has 0 aliphatic heterocycles. The minimum Gasteiger partial charge on any atom is -0.484 e. The molecule has 0 saturated heterocycles. The monoisotopic (exact) mass is 411 g/mol. The second-order valence-electron chi connectivity index (χ2n) is 6.66. The van der Waals surface area contributed by atoms with Gasteiger partial charge in [0, 0.05) is 13.1 Å². The third kappa shape index (κ3) is 6.09. The molecule has 7 heteroatoms. The van der Waals surface area contributed by atoms with Gasteiger partial charge < -0.3 is 14.1 Å². The molecule has 0 spiro atoms. The van der Waals surface area contributed by atoms with E-state index in [4.69, 9.17) is 9.15 Å². The first-order chi connectivity index (χ1) is 14.0. The van der Waals surface area contributed by atoms with Gasteiger partial charge >= 0.3 is 0 Å². The van der Waals surface area contributed by atoms with Crippen LogP contribution in [0.5, 0.6) is 5.75 Å². The van der Waals surface area contributed by atoms with Crippen molar-refractivity contribution in [2.75, 3.05) is 6.54 Å². The van der Waals surface area contributed by atoms with Crippen LogP contribution >= 0.6 is 11.8 Å². The zero-order valence-corrected chi connectivity index (χ0v) is 17.7. The van der Waals surface area contributed by atoms with Gasteiger partial charge in [-0.05, 0) is 38.5 Å². The molecule has 6 nitrogen and oxygen atoms in total. The van der Waals surface area contributed by atoms with E-state index < -0.39 is 0 Å². The highest BCUT2D eigenvalue weighted by atomic mass is 32.2. The van der Waals surface area contributed by atoms with Crippen LogP contribution in [0.15, 0.2) is 64.2 Å². The van der Waals surface area contributed by atoms with E-state index in [9.17, 15) is 4.79 Å². The van der Waals surface area contributed by atoms with Crippen molar-refractivity contribution in [1.29, 1.82) is 0 Å². The molecule has 1 heterocycles. The number of aromatic nitrogens is 2. The Kier molecular flexibility index (Phi) is 7.30. The van der Waals surface area contributed by atoms with Crippen molar-refractivity contribution in [2.45, 2.75) is 44.4 Å². The van der Waals surface area contributed by atoms with E-state index in [1.165, 1.54) is 17.3 Å². The van der Waals surface area contributed by atoms with Crippen LogP contribution in [0.1, 0.15) is 30.9 Å². The number of aryl methyl sites for hydroxylation is 1. The van der Waals surface area contributed by atoms with Crippen LogP contribution in [0.25, 0.3) is 0 Å². The lowest BCUT2D eigenvalue weighted by molar-refractivity contribution is -0.130. The number of hydrogen-bond donors (Lipinski definition) is 0. The first-order valence-corrected chi connectivity index (χ1v) is 10.4. The predicted octanol–water partition coefficient (Wildman–Crippen LogP) is 4.49. The fourth-order valence-corrected chi connectivity index (χ4v) is 3.52. The number of hydrogen-bond acceptors (Lipinski definition) is 6. The summed E-state index contributed by atoms with van der Waals surface area (Å²) in [5, 5.41) is 8.07. The third-order valence-electron chi connectivity index (χ3n) is 4.37. The Morgan fingerprint density at radius 3 is 2.55 bits per heavy atom. The molecule has 0 aliphatic rings. The van der Waals surface area contributed by atoms with Gasteiger partial charge in [-0.1, -0.05) is 59.8 Å². The standard InChI is InChI=1S/C22H25N3O3S/c1-4-25(14-18-8-6-5-7-9-18)21(26)17(3)29-22-24-23-20(28-22)15-27-19-12-10-16(2)11-13-19/h5-13,17H,4,14-15H2,1-3H3. The van der Waals surface area contributed by atoms with Gasteiger partial charge in [0.2, 0.25) is 5.91 Å². The lowest BCUT2D eigenvalue weighted by atomic mass is 10.2. The Balaban J connectivity index is 1.53. The number of benzene rings is 2. The topological polar surface area (TPSA) is 68.5 Å². The van der Waals surface area contributed by atoms with Crippen LogP contribution in [-0.2, 0) is 17.9 Å². The van der Waals surface area contributed by atoms with E-state index in [0.29, 0.717) is 24.2 Å². The van der Waals surface area contributed by atoms with Crippen LogP contribution in [0, 0.1) is 6.92 Å². The summed E-state index contributed by atoms with van der Waals surface area (Å²) in [7, 11) is 0. The van der Waals surface area contributed by atoms with Crippen LogP contribution in [0.4, 0.5) is 0 Å². The van der Waals surface area contributed by atoms with Gasteiger partial charge in [0.05, 0.1) is 5.25 Å². The summed E-state index contributed by atoms with van der Waals surface area (Å²) in [5.41, 5.74) is 2.27. The van der Waals surface area contributed by atoms with Gasteiger partial charge in [0.15, 0.2) is 6.61 Å². The summed E-state index contributed by atoms with van der Waals surface area (Å²) in [5.74, 6) is 1.16. The summed E-state index contributed by atoms with van der Waals surface area (Å²) >= 11 is 1.26. The third-order valence-corrected chi connectivity index (χ3v) is 5.29. The molecule has 0 aliphatic carbocycles. The number of amides is 1. The van der Waals surface area contributed by atoms with Gasteiger partial charge in [-0.2, -0.15) is 0 Å². The summed E-state index contributed by atoms with van der Waals surface area (Å²) in [6.45, 7) is 7.26. The molecular formula is C22H25N3O3S. The fraction of sp³-hybridized carbons (Fsp3) is 0.318. The largest absolute Gasteiger partial charge is 0.484 e. The zero-order valence-electron chi connectivity index (χ0n) is 16.9. The van der Waals surface area contributed by atoms with E-state index in [1.54, 1.807) is 0 Å². The number of nitrogens with zero attached hydrogens (tertiary/aromatic N) is 3. The fourth-order valence-electron chi connectivity index (χ4n) is 2.73. The van der Waals surface area contributed by atoms with Crippen molar-refractivity contribution in [3.05, 3.63) is 71.6 Å². The van der Waals surface area contributed by atoms with Gasteiger partial charge in [-0.25, -0.2) is 0 Å². The van der Waals surface area contributed by atoms with Crippen molar-refractivity contribution in [1.82, 2.24) is 15.1 Å². The van der Waals surface area contributed by atoms with Crippen molar-refractivity contribution in [2.24, 2.45) is 0 Å². The summed E-state index contributed by atoms with van der Waals surface area (Å²) in [6.07, 6.45) is 0. The maximum absolute atomic E-state index is 12.8. The average molecular weight is 412 g/mol. The van der Waals surface area contributed by atoms with Crippen LogP contribution in [-0.4, -0.2) is 32.8 Å². The SMILES string of the molecule is CCN(Cc1ccccc1)C(=O)C(C)Sc1nnc(COc2ccc(C)cc2)o1. The van der Waals surface area contributed by atoms with E-state index in [1.807, 2.05) is 80.3 Å². The number of ether oxygens (including phenoxy) is 1. The van der Waals surface area contributed by atoms with E-state index in [2.05, 4.69) is 10.2 Å². The highest BCUT2D eigenvalue weighted by molar-refractivity contribution is 8.00. The molecule has 0 bridgehead atoms. The van der Waals surface area contributed by atoms with E-state index >= 15 is 0 Å². The molecule has 3 rings (SSSR count). The highest BCUT2D eigenvalue weighted by Gasteiger charge is 2.23. The smallest absolute Gasteiger partial charge is 0.277 e. The maximum Gasteiger partial charge on any atom is 0.277 e. The predicted molar refractivity (Wildman–Crippen MR) is 113 cm³/mol. The second kappa shape index (κ2) is 10.1. The molecule has 1 unspecified atom stereocenters. The molecule has 0 N–H and O–H groups in total. The van der Waals surface area contributed by atoms with Crippen LogP contribution in [0.3, 0.4) is 0 Å². The molecule has 0 fully saturated rings. The molecule has 1 atom stereocenters. The Bertz CT molecular complexity index is 913. The van der Waals surface area contributed by atoms with Gasteiger partial charge in [0.25, 0.3) is 11.1 Å². The molecule has 0 saturated carbocycles. The van der Waals surface area contributed by atoms with Gasteiger partial charge in [0.1, 0.15) is 5.75 Å². The van der Waals surface area contributed by atoms with Gasteiger partial charge in [-0.3, -0.25) is 4.79 Å². The molecule has 152 valence electrons. The highest BCUT2D eigenvalue weighted by Crippen LogP contribution is 2.24. The molecule has 29 heavy (non-hydrogen) atoms. The number of carbonyl (C=O) groups is 1. The Morgan fingerprint density at radius 1 is 1.14 bits per heavy atom. The zero-order chi connectivity index (χ0) is 20.6. The lowest BCUT2D eigenvalue weighted by Gasteiger charge is -2.23. The molecule has 0 radical (unpaired) electrons. The first-order valence-electron chi connectivity index (χ1n) is 9.56. The normalized spacial score (nSPS) is 11.8. The van der Waals surface area contributed by atoms with Crippen molar-refractivity contribution in [3.8, 4) is 5.75 Å². The lowest BCUT2D eigenvalue weighted by Crippen LogP contribution is -2.35. The van der Waals surface area contributed by atoms with Crippen molar-refractivity contribution < 1.29 is 13.9 Å². The van der Waals surface area contributed by atoms with E-state index in [0.717, 1.165) is 11.3 Å². The molecule has 3 aromatic rings. The van der Waals surface area contributed by atoms with Crippen LogP contribution in [0.2, 0.25) is 0 Å².